The molecule has 0 unspecified atom stereocenters. The van der Waals surface area contributed by atoms with Gasteiger partial charge in [-0.1, -0.05) is 41.9 Å². The van der Waals surface area contributed by atoms with Crippen LogP contribution in [0.1, 0.15) is 17.5 Å². The van der Waals surface area contributed by atoms with Gasteiger partial charge in [-0.15, -0.1) is 0 Å². The van der Waals surface area contributed by atoms with Crippen molar-refractivity contribution in [3.05, 3.63) is 58.6 Å². The van der Waals surface area contributed by atoms with E-state index >= 15 is 0 Å². The van der Waals surface area contributed by atoms with Gasteiger partial charge < -0.3 is 19.9 Å². The summed E-state index contributed by atoms with van der Waals surface area (Å²) in [6.07, 6.45) is 0.722. The minimum atomic E-state index is 0.182. The topological polar surface area (TPSA) is 50.7 Å². The van der Waals surface area contributed by atoms with Crippen molar-refractivity contribution in [2.75, 3.05) is 20.3 Å². The largest absolute Gasteiger partial charge is 0.493 e. The summed E-state index contributed by atoms with van der Waals surface area (Å²) in [5, 5.41) is 12.8. The van der Waals surface area contributed by atoms with Gasteiger partial charge in [0.05, 0.1) is 7.11 Å². The minimum absolute atomic E-state index is 0.182. The third kappa shape index (κ3) is 5.13. The number of benzene rings is 2. The lowest BCUT2D eigenvalue weighted by molar-refractivity contribution is 0.278. The zero-order chi connectivity index (χ0) is 16.5. The van der Waals surface area contributed by atoms with Gasteiger partial charge in [-0.05, 0) is 25.1 Å². The summed E-state index contributed by atoms with van der Waals surface area (Å²) >= 11 is 6.18. The monoisotopic (exact) mass is 335 g/mol. The molecule has 0 bridgehead atoms. The number of ether oxygens (including phenoxy) is 2. The smallest absolute Gasteiger partial charge is 0.166 e. The van der Waals surface area contributed by atoms with Crippen LogP contribution < -0.4 is 14.8 Å². The average Bonchev–Trinajstić information content (AvgIpc) is 2.58. The Hall–Kier alpha value is -1.75. The van der Waals surface area contributed by atoms with E-state index in [2.05, 4.69) is 5.32 Å². The van der Waals surface area contributed by atoms with Crippen molar-refractivity contribution in [1.29, 1.82) is 0 Å². The quantitative estimate of drug-likeness (QED) is 0.690. The maximum Gasteiger partial charge on any atom is 0.166 e. The Morgan fingerprint density at radius 3 is 2.61 bits per heavy atom. The highest BCUT2D eigenvalue weighted by Gasteiger charge is 2.11. The van der Waals surface area contributed by atoms with Crippen LogP contribution in [0, 0.1) is 0 Å². The van der Waals surface area contributed by atoms with E-state index in [0.717, 1.165) is 24.1 Å². The zero-order valence-corrected chi connectivity index (χ0v) is 14.0. The molecule has 0 saturated heterocycles. The van der Waals surface area contributed by atoms with Gasteiger partial charge in [0.15, 0.2) is 11.5 Å². The molecule has 2 N–H and O–H groups in total. The molecule has 0 aliphatic heterocycles. The molecule has 2 aromatic carbocycles. The summed E-state index contributed by atoms with van der Waals surface area (Å²) in [5.41, 5.74) is 1.94. The molecule has 23 heavy (non-hydrogen) atoms. The van der Waals surface area contributed by atoms with Gasteiger partial charge in [-0.25, -0.2) is 0 Å². The Balaban J connectivity index is 2.10. The molecule has 4 nitrogen and oxygen atoms in total. The molecule has 0 fully saturated rings. The van der Waals surface area contributed by atoms with E-state index in [1.807, 2.05) is 42.5 Å². The van der Waals surface area contributed by atoms with E-state index in [0.29, 0.717) is 29.7 Å². The molecule has 0 radical (unpaired) electrons. The lowest BCUT2D eigenvalue weighted by Gasteiger charge is -2.16. The van der Waals surface area contributed by atoms with Crippen molar-refractivity contribution >= 4 is 11.6 Å². The Bertz CT molecular complexity index is 619. The molecule has 2 rings (SSSR count). The highest BCUT2D eigenvalue weighted by atomic mass is 35.5. The number of nitrogens with one attached hydrogen (secondary N) is 1. The summed E-state index contributed by atoms with van der Waals surface area (Å²) in [7, 11) is 1.63. The normalized spacial score (nSPS) is 10.6. The fourth-order valence-corrected chi connectivity index (χ4v) is 2.41. The molecule has 0 heterocycles. The summed E-state index contributed by atoms with van der Waals surface area (Å²) in [6.45, 7) is 1.96. The maximum absolute atomic E-state index is 8.84. The first kappa shape index (κ1) is 17.6. The fourth-order valence-electron chi connectivity index (χ4n) is 2.22. The maximum atomic E-state index is 8.84. The van der Waals surface area contributed by atoms with Crippen LogP contribution in [-0.2, 0) is 13.2 Å². The van der Waals surface area contributed by atoms with Crippen molar-refractivity contribution in [3.8, 4) is 11.5 Å². The van der Waals surface area contributed by atoms with Gasteiger partial charge in [0, 0.05) is 29.3 Å². The van der Waals surface area contributed by atoms with Gasteiger partial charge in [0.25, 0.3) is 0 Å². The summed E-state index contributed by atoms with van der Waals surface area (Å²) in [6, 6.07) is 13.4. The molecule has 0 spiro atoms. The highest BCUT2D eigenvalue weighted by Crippen LogP contribution is 2.32. The number of hydrogen-bond acceptors (Lipinski definition) is 4. The van der Waals surface area contributed by atoms with Crippen molar-refractivity contribution in [2.24, 2.45) is 0 Å². The average molecular weight is 336 g/mol. The van der Waals surface area contributed by atoms with Crippen LogP contribution >= 0.6 is 11.6 Å². The molecule has 0 amide bonds. The number of rotatable bonds is 9. The Kier molecular flexibility index (Phi) is 7.20. The second kappa shape index (κ2) is 9.40. The van der Waals surface area contributed by atoms with E-state index < -0.39 is 0 Å². The first-order valence-corrected chi connectivity index (χ1v) is 7.97. The standard InChI is InChI=1S/C18H22ClNO3/c1-22-17-9-4-7-14(12-20-10-5-11-21)18(17)23-13-15-6-2-3-8-16(15)19/h2-4,6-9,20-21H,5,10-13H2,1H3. The summed E-state index contributed by atoms with van der Waals surface area (Å²) < 4.78 is 11.4. The van der Waals surface area contributed by atoms with E-state index in [4.69, 9.17) is 26.2 Å². The molecule has 2 aromatic rings. The fraction of sp³-hybridized carbons (Fsp3) is 0.333. The number of para-hydroxylation sites is 1. The van der Waals surface area contributed by atoms with Crippen molar-refractivity contribution in [1.82, 2.24) is 5.32 Å². The number of aliphatic hydroxyl groups is 1. The predicted octanol–water partition coefficient (Wildman–Crippen LogP) is 3.40. The lowest BCUT2D eigenvalue weighted by atomic mass is 10.1. The first-order chi connectivity index (χ1) is 11.3. The van der Waals surface area contributed by atoms with Gasteiger partial charge in [0.2, 0.25) is 0 Å². The van der Waals surface area contributed by atoms with Crippen molar-refractivity contribution in [3.63, 3.8) is 0 Å². The highest BCUT2D eigenvalue weighted by molar-refractivity contribution is 6.31. The Labute approximate surface area is 142 Å². The Morgan fingerprint density at radius 1 is 1.09 bits per heavy atom. The number of hydrogen-bond donors (Lipinski definition) is 2. The third-order valence-electron chi connectivity index (χ3n) is 3.44. The van der Waals surface area contributed by atoms with Gasteiger partial charge >= 0.3 is 0 Å². The number of aliphatic hydroxyl groups excluding tert-OH is 1. The van der Waals surface area contributed by atoms with Crippen LogP contribution in [0.5, 0.6) is 11.5 Å². The lowest BCUT2D eigenvalue weighted by Crippen LogP contribution is -2.16. The molecular formula is C18H22ClNO3. The number of halogens is 1. The van der Waals surface area contributed by atoms with Gasteiger partial charge in [-0.2, -0.15) is 0 Å². The molecule has 0 aliphatic rings. The SMILES string of the molecule is COc1cccc(CNCCCO)c1OCc1ccccc1Cl. The minimum Gasteiger partial charge on any atom is -0.493 e. The molecule has 0 aliphatic carbocycles. The van der Waals surface area contributed by atoms with E-state index in [9.17, 15) is 0 Å². The van der Waals surface area contributed by atoms with Gasteiger partial charge in [-0.3, -0.25) is 0 Å². The van der Waals surface area contributed by atoms with Crippen molar-refractivity contribution < 1.29 is 14.6 Å². The van der Waals surface area contributed by atoms with Crippen LogP contribution in [0.3, 0.4) is 0 Å². The van der Waals surface area contributed by atoms with Gasteiger partial charge in [0.1, 0.15) is 6.61 Å². The third-order valence-corrected chi connectivity index (χ3v) is 3.81. The zero-order valence-electron chi connectivity index (χ0n) is 13.2. The molecule has 124 valence electrons. The predicted molar refractivity (Wildman–Crippen MR) is 92.2 cm³/mol. The molecule has 0 atom stereocenters. The molecule has 0 saturated carbocycles. The van der Waals surface area contributed by atoms with E-state index in [-0.39, 0.29) is 6.61 Å². The molecule has 0 aromatic heterocycles. The van der Waals surface area contributed by atoms with Crippen molar-refractivity contribution in [2.45, 2.75) is 19.6 Å². The van der Waals surface area contributed by atoms with Crippen LogP contribution in [0.2, 0.25) is 5.02 Å². The van der Waals surface area contributed by atoms with E-state index in [1.165, 1.54) is 0 Å². The number of methoxy groups -OCH3 is 1. The van der Waals surface area contributed by atoms with Crippen LogP contribution in [0.15, 0.2) is 42.5 Å². The first-order valence-electron chi connectivity index (χ1n) is 7.60. The summed E-state index contributed by atoms with van der Waals surface area (Å²) in [5.74, 6) is 1.41. The van der Waals surface area contributed by atoms with Crippen LogP contribution in [0.25, 0.3) is 0 Å². The molecular weight excluding hydrogens is 314 g/mol. The Morgan fingerprint density at radius 2 is 1.87 bits per heavy atom. The summed E-state index contributed by atoms with van der Waals surface area (Å²) in [4.78, 5) is 0. The van der Waals surface area contributed by atoms with Crippen LogP contribution in [0.4, 0.5) is 0 Å². The second-order valence-electron chi connectivity index (χ2n) is 5.08. The molecule has 5 heteroatoms. The van der Waals surface area contributed by atoms with E-state index in [1.54, 1.807) is 7.11 Å². The van der Waals surface area contributed by atoms with Crippen LogP contribution in [-0.4, -0.2) is 25.4 Å². The second-order valence-corrected chi connectivity index (χ2v) is 5.49.